The van der Waals surface area contributed by atoms with E-state index in [9.17, 15) is 0 Å². The van der Waals surface area contributed by atoms with E-state index in [0.717, 1.165) is 5.92 Å². The second-order valence-electron chi connectivity index (χ2n) is 2.22. The van der Waals surface area contributed by atoms with Crippen LogP contribution in [0.1, 0.15) is 27.2 Å². The zero-order valence-electron chi connectivity index (χ0n) is 5.31. The maximum atomic E-state index is 4.32. The summed E-state index contributed by atoms with van der Waals surface area (Å²) in [4.78, 5) is 0. The lowest BCUT2D eigenvalue weighted by Gasteiger charge is -2.09. The van der Waals surface area contributed by atoms with Gasteiger partial charge in [-0.2, -0.15) is 12.6 Å². The minimum Gasteiger partial charge on any atom is -0.176 e. The molecule has 0 amide bonds. The van der Waals surface area contributed by atoms with Crippen LogP contribution in [0.3, 0.4) is 0 Å². The average Bonchev–Trinajstić information content (AvgIpc) is 1.65. The van der Waals surface area contributed by atoms with Gasteiger partial charge in [-0.3, -0.25) is 0 Å². The molecule has 0 nitrogen and oxygen atoms in total. The van der Waals surface area contributed by atoms with Gasteiger partial charge in [0.1, 0.15) is 0 Å². The largest absolute Gasteiger partial charge is 0.176 e. The van der Waals surface area contributed by atoms with Crippen molar-refractivity contribution in [1.82, 2.24) is 0 Å². The topological polar surface area (TPSA) is 0 Å². The Bertz CT molecular complexity index is 41.4. The van der Waals surface area contributed by atoms with Crippen molar-refractivity contribution in [2.24, 2.45) is 5.92 Å². The van der Waals surface area contributed by atoms with E-state index in [-0.39, 0.29) is 0 Å². The average molecular weight is 118 g/mol. The van der Waals surface area contributed by atoms with Crippen LogP contribution in [-0.2, 0) is 0 Å². The van der Waals surface area contributed by atoms with E-state index in [4.69, 9.17) is 0 Å². The van der Waals surface area contributed by atoms with Crippen LogP contribution in [0.15, 0.2) is 0 Å². The van der Waals surface area contributed by atoms with Crippen molar-refractivity contribution >= 4 is 12.6 Å². The minimum absolute atomic E-state index is 0.597. The molecule has 0 aliphatic carbocycles. The van der Waals surface area contributed by atoms with Gasteiger partial charge in [-0.15, -0.1) is 0 Å². The van der Waals surface area contributed by atoms with E-state index in [1.165, 1.54) is 6.42 Å². The summed E-state index contributed by atoms with van der Waals surface area (Å²) in [5.41, 5.74) is 0. The smallest absolute Gasteiger partial charge is 0.00372 e. The Labute approximate surface area is 51.7 Å². The molecule has 1 atom stereocenters. The van der Waals surface area contributed by atoms with Gasteiger partial charge in [0.2, 0.25) is 0 Å². The monoisotopic (exact) mass is 118 g/mol. The van der Waals surface area contributed by atoms with E-state index in [2.05, 4.69) is 33.4 Å². The molecule has 1 heteroatoms. The Morgan fingerprint density at radius 2 is 1.86 bits per heavy atom. The third-order valence-electron chi connectivity index (χ3n) is 1.19. The van der Waals surface area contributed by atoms with Crippen molar-refractivity contribution in [2.75, 3.05) is 0 Å². The van der Waals surface area contributed by atoms with Crippen LogP contribution in [0.4, 0.5) is 0 Å². The lowest BCUT2D eigenvalue weighted by Crippen LogP contribution is -2.04. The zero-order chi connectivity index (χ0) is 5.86. The van der Waals surface area contributed by atoms with Crippen LogP contribution in [0.2, 0.25) is 0 Å². The number of thiol groups is 1. The van der Waals surface area contributed by atoms with E-state index in [0.29, 0.717) is 5.25 Å². The van der Waals surface area contributed by atoms with Gasteiger partial charge in [0.05, 0.1) is 0 Å². The normalized spacial score (nSPS) is 15.0. The summed E-state index contributed by atoms with van der Waals surface area (Å²) in [7, 11) is 0. The van der Waals surface area contributed by atoms with Crippen LogP contribution >= 0.6 is 12.6 Å². The second kappa shape index (κ2) is 3.36. The minimum atomic E-state index is 0.597. The van der Waals surface area contributed by atoms with Crippen LogP contribution in [0, 0.1) is 5.92 Å². The van der Waals surface area contributed by atoms with Gasteiger partial charge in [-0.1, -0.05) is 20.8 Å². The van der Waals surface area contributed by atoms with Crippen LogP contribution in [0.5, 0.6) is 0 Å². The Morgan fingerprint density at radius 3 is 1.86 bits per heavy atom. The molecule has 0 saturated carbocycles. The van der Waals surface area contributed by atoms with Crippen LogP contribution < -0.4 is 0 Å². The third-order valence-corrected chi connectivity index (χ3v) is 2.15. The summed E-state index contributed by atoms with van der Waals surface area (Å²) >= 11 is 4.32. The summed E-state index contributed by atoms with van der Waals surface area (Å²) in [5, 5.41) is 0.597. The highest BCUT2D eigenvalue weighted by Crippen LogP contribution is 2.10. The lowest BCUT2D eigenvalue weighted by atomic mass is 10.1. The highest BCUT2D eigenvalue weighted by molar-refractivity contribution is 7.80. The molecule has 44 valence electrons. The van der Waals surface area contributed by atoms with Gasteiger partial charge in [0.25, 0.3) is 0 Å². The summed E-state index contributed by atoms with van der Waals surface area (Å²) in [6.45, 7) is 6.56. The van der Waals surface area contributed by atoms with Crippen molar-refractivity contribution in [2.45, 2.75) is 32.4 Å². The van der Waals surface area contributed by atoms with Crippen molar-refractivity contribution in [3.63, 3.8) is 0 Å². The number of rotatable bonds is 2. The van der Waals surface area contributed by atoms with Crippen molar-refractivity contribution in [3.05, 3.63) is 0 Å². The molecule has 0 radical (unpaired) electrons. The lowest BCUT2D eigenvalue weighted by molar-refractivity contribution is 0.597. The fourth-order valence-corrected chi connectivity index (χ4v) is 0.471. The molecule has 0 N–H and O–H groups in total. The van der Waals surface area contributed by atoms with Crippen molar-refractivity contribution in [1.29, 1.82) is 0 Å². The molecular weight excluding hydrogens is 104 g/mol. The number of hydrogen-bond donors (Lipinski definition) is 1. The fraction of sp³-hybridized carbons (Fsp3) is 1.00. The maximum Gasteiger partial charge on any atom is 0.00372 e. The van der Waals surface area contributed by atoms with Crippen LogP contribution in [-0.4, -0.2) is 5.25 Å². The summed E-state index contributed by atoms with van der Waals surface area (Å²) in [6, 6.07) is 0. The molecule has 0 aromatic heterocycles. The first-order valence-electron chi connectivity index (χ1n) is 2.86. The van der Waals surface area contributed by atoms with Gasteiger partial charge < -0.3 is 0 Å². The Morgan fingerprint density at radius 1 is 1.43 bits per heavy atom. The fourth-order valence-electron chi connectivity index (χ4n) is 0.471. The molecule has 0 aliphatic rings. The first kappa shape index (κ1) is 7.35. The van der Waals surface area contributed by atoms with E-state index >= 15 is 0 Å². The van der Waals surface area contributed by atoms with Gasteiger partial charge in [-0.25, -0.2) is 0 Å². The molecule has 0 fully saturated rings. The van der Waals surface area contributed by atoms with E-state index in [1.54, 1.807) is 0 Å². The molecule has 0 heterocycles. The Kier molecular flexibility index (Phi) is 3.53. The van der Waals surface area contributed by atoms with Gasteiger partial charge in [0.15, 0.2) is 0 Å². The molecule has 0 aliphatic heterocycles. The predicted molar refractivity (Wildman–Crippen MR) is 37.9 cm³/mol. The molecule has 7 heavy (non-hydrogen) atoms. The quantitative estimate of drug-likeness (QED) is 0.529. The summed E-state index contributed by atoms with van der Waals surface area (Å²) < 4.78 is 0. The summed E-state index contributed by atoms with van der Waals surface area (Å²) in [5.74, 6) is 0.730. The molecule has 0 bridgehead atoms. The molecular formula is C6H14S. The highest BCUT2D eigenvalue weighted by atomic mass is 32.1. The number of hydrogen-bond acceptors (Lipinski definition) is 1. The second-order valence-corrected chi connectivity index (χ2v) is 2.88. The molecule has 0 saturated heterocycles. The van der Waals surface area contributed by atoms with Gasteiger partial charge in [0, 0.05) is 5.25 Å². The van der Waals surface area contributed by atoms with E-state index < -0.39 is 0 Å². The molecule has 0 spiro atoms. The first-order valence-corrected chi connectivity index (χ1v) is 3.38. The Hall–Kier alpha value is 0.350. The standard InChI is InChI=1S/C6H14S/c1-4-6(7)5(2)3/h5-7H,4H2,1-3H3/t6-/m0/s1. The van der Waals surface area contributed by atoms with Crippen molar-refractivity contribution in [3.8, 4) is 0 Å². The maximum absolute atomic E-state index is 4.32. The summed E-state index contributed by atoms with van der Waals surface area (Å²) in [6.07, 6.45) is 1.18. The third kappa shape index (κ3) is 2.98. The van der Waals surface area contributed by atoms with Gasteiger partial charge >= 0.3 is 0 Å². The molecule has 0 rings (SSSR count). The first-order chi connectivity index (χ1) is 3.18. The molecule has 0 aromatic rings. The zero-order valence-corrected chi connectivity index (χ0v) is 6.20. The molecule has 0 aromatic carbocycles. The van der Waals surface area contributed by atoms with Gasteiger partial charge in [-0.05, 0) is 12.3 Å². The SMILES string of the molecule is CC[C@H](S)C(C)C. The highest BCUT2D eigenvalue weighted by Gasteiger charge is 2.02. The van der Waals surface area contributed by atoms with E-state index in [1.807, 2.05) is 0 Å². The Balaban J connectivity index is 3.14. The van der Waals surface area contributed by atoms with Crippen molar-refractivity contribution < 1.29 is 0 Å². The predicted octanol–water partition coefficient (Wildman–Crippen LogP) is 2.35. The molecule has 0 unspecified atom stereocenters. The van der Waals surface area contributed by atoms with Crippen LogP contribution in [0.25, 0.3) is 0 Å².